The van der Waals surface area contributed by atoms with Crippen molar-refractivity contribution in [2.45, 2.75) is 33.2 Å². The summed E-state index contributed by atoms with van der Waals surface area (Å²) in [5.74, 6) is -0.561. The second-order valence-electron chi connectivity index (χ2n) is 8.61. The average Bonchev–Trinajstić information content (AvgIpc) is 3.35. The Morgan fingerprint density at radius 2 is 1.50 bits per heavy atom. The third-order valence-corrected chi connectivity index (χ3v) is 6.08. The van der Waals surface area contributed by atoms with E-state index in [0.29, 0.717) is 16.9 Å². The number of carbonyl (C=O) groups is 2. The van der Waals surface area contributed by atoms with Crippen LogP contribution in [0.2, 0.25) is 0 Å². The van der Waals surface area contributed by atoms with Gasteiger partial charge in [-0.3, -0.25) is 4.79 Å². The van der Waals surface area contributed by atoms with Crippen molar-refractivity contribution in [2.24, 2.45) is 0 Å². The maximum Gasteiger partial charge on any atom is 0.323 e. The number of anilines is 3. The van der Waals surface area contributed by atoms with E-state index in [9.17, 15) is 14.0 Å². The van der Waals surface area contributed by atoms with Gasteiger partial charge in [0.1, 0.15) is 5.82 Å². The van der Waals surface area contributed by atoms with E-state index in [0.717, 1.165) is 48.3 Å². The molecule has 34 heavy (non-hydrogen) atoms. The quantitative estimate of drug-likeness (QED) is 0.447. The second-order valence-corrected chi connectivity index (χ2v) is 8.61. The Hall–Kier alpha value is -3.87. The first kappa shape index (κ1) is 23.3. The highest BCUT2D eigenvalue weighted by molar-refractivity contribution is 6.04. The number of benzene rings is 3. The monoisotopic (exact) mass is 460 g/mol. The maximum atomic E-state index is 13.2. The van der Waals surface area contributed by atoms with E-state index in [4.69, 9.17) is 0 Å². The lowest BCUT2D eigenvalue weighted by atomic mass is 10.1. The van der Waals surface area contributed by atoms with Crippen molar-refractivity contribution in [3.63, 3.8) is 0 Å². The summed E-state index contributed by atoms with van der Waals surface area (Å²) >= 11 is 0. The van der Waals surface area contributed by atoms with Crippen molar-refractivity contribution in [3.8, 4) is 0 Å². The smallest absolute Gasteiger partial charge is 0.323 e. The predicted octanol–water partition coefficient (Wildman–Crippen LogP) is 5.62. The molecule has 1 heterocycles. The molecule has 0 saturated carbocycles. The van der Waals surface area contributed by atoms with E-state index in [2.05, 4.69) is 20.9 Å². The van der Waals surface area contributed by atoms with Crippen LogP contribution in [0, 0.1) is 19.7 Å². The summed E-state index contributed by atoms with van der Waals surface area (Å²) in [4.78, 5) is 27.9. The molecule has 3 aromatic carbocycles. The first-order valence-electron chi connectivity index (χ1n) is 11.5. The van der Waals surface area contributed by atoms with Crippen molar-refractivity contribution in [3.05, 3.63) is 88.7 Å². The summed E-state index contributed by atoms with van der Waals surface area (Å²) < 4.78 is 13.2. The molecule has 3 aromatic rings. The van der Waals surface area contributed by atoms with Crippen LogP contribution in [0.3, 0.4) is 0 Å². The van der Waals surface area contributed by atoms with Crippen LogP contribution in [-0.4, -0.2) is 25.0 Å². The van der Waals surface area contributed by atoms with Gasteiger partial charge in [-0.25, -0.2) is 9.18 Å². The number of nitrogens with one attached hydrogen (secondary N) is 3. The third-order valence-electron chi connectivity index (χ3n) is 6.08. The molecule has 1 saturated heterocycles. The number of halogens is 1. The van der Waals surface area contributed by atoms with Gasteiger partial charge in [-0.2, -0.15) is 0 Å². The Morgan fingerprint density at radius 1 is 0.853 bits per heavy atom. The van der Waals surface area contributed by atoms with Gasteiger partial charge < -0.3 is 20.9 Å². The van der Waals surface area contributed by atoms with E-state index < -0.39 is 0 Å². The minimum atomic E-state index is -0.380. The molecule has 176 valence electrons. The molecule has 0 atom stereocenters. The van der Waals surface area contributed by atoms with E-state index in [1.54, 1.807) is 18.2 Å². The van der Waals surface area contributed by atoms with Crippen LogP contribution in [0.4, 0.5) is 26.2 Å². The van der Waals surface area contributed by atoms with E-state index >= 15 is 0 Å². The molecule has 7 heteroatoms. The molecule has 6 nitrogen and oxygen atoms in total. The van der Waals surface area contributed by atoms with Gasteiger partial charge in [0, 0.05) is 36.7 Å². The second kappa shape index (κ2) is 10.4. The fourth-order valence-corrected chi connectivity index (χ4v) is 4.02. The Bertz CT molecular complexity index is 1190. The number of carbonyl (C=O) groups excluding carboxylic acids is 2. The zero-order chi connectivity index (χ0) is 24.1. The first-order valence-corrected chi connectivity index (χ1v) is 11.5. The van der Waals surface area contributed by atoms with Crippen molar-refractivity contribution in [2.75, 3.05) is 28.6 Å². The summed E-state index contributed by atoms with van der Waals surface area (Å²) in [6, 6.07) is 16.8. The largest absolute Gasteiger partial charge is 0.371 e. The van der Waals surface area contributed by atoms with Gasteiger partial charge in [-0.1, -0.05) is 18.2 Å². The molecule has 1 aliphatic heterocycles. The SMILES string of the molecule is Cc1ccc(NC(=O)Nc2ccc(N3CCCC3)c(C(=O)NCc3ccc(F)cc3)c2)cc1C. The van der Waals surface area contributed by atoms with Crippen LogP contribution in [0.15, 0.2) is 60.7 Å². The summed E-state index contributed by atoms with van der Waals surface area (Å²) in [5.41, 5.74) is 5.61. The van der Waals surface area contributed by atoms with Gasteiger partial charge in [-0.05, 0) is 85.8 Å². The summed E-state index contributed by atoms with van der Waals surface area (Å²) in [5, 5.41) is 8.58. The molecule has 0 spiro atoms. The number of hydrogen-bond acceptors (Lipinski definition) is 3. The minimum Gasteiger partial charge on any atom is -0.371 e. The Balaban J connectivity index is 1.50. The number of amides is 3. The van der Waals surface area contributed by atoms with Crippen LogP contribution >= 0.6 is 0 Å². The zero-order valence-electron chi connectivity index (χ0n) is 19.5. The van der Waals surface area contributed by atoms with Crippen molar-refractivity contribution in [1.82, 2.24) is 5.32 Å². The Morgan fingerprint density at radius 3 is 2.18 bits per heavy atom. The molecule has 0 aliphatic carbocycles. The molecule has 0 unspecified atom stereocenters. The fourth-order valence-electron chi connectivity index (χ4n) is 4.02. The van der Waals surface area contributed by atoms with Crippen LogP contribution in [-0.2, 0) is 6.54 Å². The molecule has 3 amide bonds. The number of aryl methyl sites for hydroxylation is 2. The molecule has 0 aromatic heterocycles. The molecule has 1 aliphatic rings. The van der Waals surface area contributed by atoms with E-state index in [1.165, 1.54) is 12.1 Å². The maximum absolute atomic E-state index is 13.2. The Kier molecular flexibility index (Phi) is 7.11. The molecule has 3 N–H and O–H groups in total. The number of rotatable bonds is 6. The molecule has 0 bridgehead atoms. The van der Waals surface area contributed by atoms with Crippen LogP contribution in [0.25, 0.3) is 0 Å². The highest BCUT2D eigenvalue weighted by atomic mass is 19.1. The summed E-state index contributed by atoms with van der Waals surface area (Å²) in [6.45, 7) is 6.07. The van der Waals surface area contributed by atoms with Crippen LogP contribution in [0.1, 0.15) is 39.9 Å². The van der Waals surface area contributed by atoms with Crippen molar-refractivity contribution in [1.29, 1.82) is 0 Å². The zero-order valence-corrected chi connectivity index (χ0v) is 19.5. The van der Waals surface area contributed by atoms with Gasteiger partial charge in [0.25, 0.3) is 5.91 Å². The summed E-state index contributed by atoms with van der Waals surface area (Å²) in [7, 11) is 0. The van der Waals surface area contributed by atoms with Gasteiger partial charge in [0.2, 0.25) is 0 Å². The van der Waals surface area contributed by atoms with Crippen molar-refractivity contribution >= 4 is 29.0 Å². The molecular formula is C27H29FN4O2. The fraction of sp³-hybridized carbons (Fsp3) is 0.259. The van der Waals surface area contributed by atoms with Gasteiger partial charge in [0.15, 0.2) is 0 Å². The Labute approximate surface area is 199 Å². The molecule has 0 radical (unpaired) electrons. The standard InChI is InChI=1S/C27H29FN4O2/c1-18-5-10-22(15-19(18)2)30-27(34)31-23-11-12-25(32-13-3-4-14-32)24(16-23)26(33)29-17-20-6-8-21(28)9-7-20/h5-12,15-16H,3-4,13-14,17H2,1-2H3,(H,29,33)(H2,30,31,34). The number of urea groups is 1. The molecule has 4 rings (SSSR count). The first-order chi connectivity index (χ1) is 16.4. The van der Waals surface area contributed by atoms with Gasteiger partial charge >= 0.3 is 6.03 Å². The third kappa shape index (κ3) is 5.73. The highest BCUT2D eigenvalue weighted by Gasteiger charge is 2.20. The minimum absolute atomic E-state index is 0.246. The van der Waals surface area contributed by atoms with E-state index in [1.807, 2.05) is 44.2 Å². The predicted molar refractivity (Wildman–Crippen MR) is 134 cm³/mol. The number of nitrogens with zero attached hydrogens (tertiary/aromatic N) is 1. The number of hydrogen-bond donors (Lipinski definition) is 3. The van der Waals surface area contributed by atoms with Crippen LogP contribution < -0.4 is 20.9 Å². The summed E-state index contributed by atoms with van der Waals surface area (Å²) in [6.07, 6.45) is 2.16. The highest BCUT2D eigenvalue weighted by Crippen LogP contribution is 2.28. The van der Waals surface area contributed by atoms with E-state index in [-0.39, 0.29) is 24.3 Å². The molecule has 1 fully saturated rings. The van der Waals surface area contributed by atoms with Gasteiger partial charge in [0.05, 0.1) is 5.56 Å². The van der Waals surface area contributed by atoms with Crippen LogP contribution in [0.5, 0.6) is 0 Å². The normalized spacial score (nSPS) is 13.0. The lowest BCUT2D eigenvalue weighted by Gasteiger charge is -2.22. The topological polar surface area (TPSA) is 73.5 Å². The lowest BCUT2D eigenvalue weighted by Crippen LogP contribution is -2.27. The lowest BCUT2D eigenvalue weighted by molar-refractivity contribution is 0.0951. The molecular weight excluding hydrogens is 431 g/mol. The average molecular weight is 461 g/mol. The van der Waals surface area contributed by atoms with Gasteiger partial charge in [-0.15, -0.1) is 0 Å². The van der Waals surface area contributed by atoms with Crippen molar-refractivity contribution < 1.29 is 14.0 Å².